The van der Waals surface area contributed by atoms with Gasteiger partial charge in [0, 0.05) is 159 Å². The molecule has 736 valence electrons. The van der Waals surface area contributed by atoms with Crippen LogP contribution in [0.4, 0.5) is 17.1 Å². The fourth-order valence-corrected chi connectivity index (χ4v) is 31.7. The lowest BCUT2D eigenvalue weighted by Crippen LogP contribution is -2.48. The second kappa shape index (κ2) is 39.7. The Kier molecular flexibility index (Phi) is 27.9. The third-order valence-electron chi connectivity index (χ3n) is 30.0. The van der Waals surface area contributed by atoms with Gasteiger partial charge in [-0.3, -0.25) is 28.8 Å². The van der Waals surface area contributed by atoms with E-state index in [9.17, 15) is 79.3 Å². The van der Waals surface area contributed by atoms with Gasteiger partial charge in [-0.2, -0.15) is 12.9 Å². The summed E-state index contributed by atoms with van der Waals surface area (Å²) in [6.07, 6.45) is 17.3. The van der Waals surface area contributed by atoms with Crippen molar-refractivity contribution in [3.05, 3.63) is 196 Å². The third-order valence-corrected chi connectivity index (χ3v) is 40.8. The fraction of sp³-hybridized carbons (Fsp3) is 0.451. The van der Waals surface area contributed by atoms with Gasteiger partial charge in [-0.05, 0) is 225 Å². The summed E-state index contributed by atoms with van der Waals surface area (Å²) in [5, 5.41) is 7.35. The largest absolute Gasteiger partial charge is 0.493 e. The summed E-state index contributed by atoms with van der Waals surface area (Å²) in [7, 11) is -21.3. The first-order chi connectivity index (χ1) is 66.6. The summed E-state index contributed by atoms with van der Waals surface area (Å²) in [5.41, 5.74) is 7.48. The zero-order valence-electron chi connectivity index (χ0n) is 78.1. The predicted molar refractivity (Wildman–Crippen MR) is 534 cm³/mol. The average Bonchev–Trinajstić information content (AvgIpc) is 1.56. The molecule has 139 heavy (non-hydrogen) atoms. The monoisotopic (exact) mass is 2030 g/mol. The van der Waals surface area contributed by atoms with Gasteiger partial charge in [-0.25, -0.2) is 63.4 Å². The predicted octanol–water partition coefficient (Wildman–Crippen LogP) is 13.6. The van der Waals surface area contributed by atoms with Gasteiger partial charge in [-0.15, -0.1) is 11.3 Å². The topological polar surface area (TPSA) is 364 Å². The standard InChI is InChI=1S/C34H39N3O8S2.C34H39N3O7S2.C34H37N3O6S3/c1-46(40,41)35-16-12-23(13-17-35)14-18-36-29-10-8-24(26-5-4-6-27(33(26)29)34(36)39)21-30(38)28-7-2-3-15-37(28)47(42,43)25-9-11-31-32(22-25)45-20-19-44-31;1-45(40,41)35-17-12-23(13-18-35)14-19-36-30-10-8-24(27-5-4-6-28(33(27)30)34(36)39)22-31(38)29-7-2-3-16-37(29)46(42,43)26-9-11-32-25(21-26)15-20-44-32;1-45(40,41)35-18-14-23(15-19-35)16-20-36-29-13-12-24(25-8-6-9-27(33(25)29)34(36)39)21-30(38)28-10-4-5-17-37(28)46(42,43)32-22-44-31-11-3-2-7-26(31)32/h4-6,8-11,22-23,28H,2-3,7,12-21H2,1H3;4-6,8-11,21,23,29H,2-3,7,12-20,22H2,1H3;2-3,6-9,11-13,22-23,28H,4-5,10,14-21H2,1H3. The number of fused-ring (bicyclic) bond motifs is 3. The van der Waals surface area contributed by atoms with Crippen LogP contribution in [0.5, 0.6) is 17.2 Å². The maximum atomic E-state index is 14.0. The molecule has 0 bridgehead atoms. The van der Waals surface area contributed by atoms with Crippen LogP contribution in [0.1, 0.15) is 169 Å². The quantitative estimate of drug-likeness (QED) is 0.0461. The van der Waals surface area contributed by atoms with Gasteiger partial charge in [0.15, 0.2) is 28.8 Å². The van der Waals surface area contributed by atoms with E-state index in [0.717, 1.165) is 153 Å². The SMILES string of the molecule is CS(=O)(=O)N1CCC(CCN2C(=O)c3cccc4c(CC(=O)C5CCCCN5S(=O)(=O)c5ccc6c(c5)CCO6)ccc2c34)CC1.CS(=O)(=O)N1CCC(CCN2C(=O)c3cccc4c(CC(=O)C5CCCCN5S(=O)(=O)c5ccc6c(c5)OCCO6)ccc2c34)CC1.CS(=O)(=O)N1CCC(CCN2C(=O)c3cccc4c(CC(=O)C5CCCCN5S(=O)(=O)c5csc6ccccc56)ccc2c34)CC1. The number of benzene rings is 9. The second-order valence-electron chi connectivity index (χ2n) is 38.5. The van der Waals surface area contributed by atoms with E-state index in [4.69, 9.17) is 14.2 Å². The number of thiophene rings is 1. The third kappa shape index (κ3) is 19.6. The van der Waals surface area contributed by atoms with Crippen molar-refractivity contribution in [3.63, 3.8) is 0 Å². The van der Waals surface area contributed by atoms with Crippen molar-refractivity contribution in [2.24, 2.45) is 17.8 Å². The molecule has 0 radical (unpaired) electrons. The van der Waals surface area contributed by atoms with Crippen LogP contribution in [0, 0.1) is 17.8 Å². The van der Waals surface area contributed by atoms with Crippen molar-refractivity contribution in [1.82, 2.24) is 25.8 Å². The van der Waals surface area contributed by atoms with E-state index in [0.29, 0.717) is 194 Å². The molecule has 0 aliphatic carbocycles. The van der Waals surface area contributed by atoms with Crippen molar-refractivity contribution in [1.29, 1.82) is 0 Å². The molecule has 37 heteroatoms. The number of piperidine rings is 6. The van der Waals surface area contributed by atoms with Gasteiger partial charge in [0.25, 0.3) is 17.7 Å². The van der Waals surface area contributed by atoms with Crippen LogP contribution in [-0.2, 0) is 100 Å². The molecule has 0 N–H and O–H groups in total. The molecular formula is C102H115N9O21S7. The summed E-state index contributed by atoms with van der Waals surface area (Å²) < 4.78 is 181. The molecule has 6 fully saturated rings. The molecule has 21 rings (SSSR count). The van der Waals surface area contributed by atoms with E-state index >= 15 is 0 Å². The molecule has 1 aromatic heterocycles. The van der Waals surface area contributed by atoms with E-state index in [1.54, 1.807) is 34.5 Å². The number of nitrogens with zero attached hydrogens (tertiary/aromatic N) is 9. The van der Waals surface area contributed by atoms with Gasteiger partial charge < -0.3 is 28.9 Å². The highest BCUT2D eigenvalue weighted by Gasteiger charge is 2.45. The molecule has 9 aromatic carbocycles. The van der Waals surface area contributed by atoms with Crippen molar-refractivity contribution in [2.45, 2.75) is 174 Å². The first-order valence-electron chi connectivity index (χ1n) is 48.3. The maximum absolute atomic E-state index is 14.0. The normalized spacial score (nSPS) is 20.8. The van der Waals surface area contributed by atoms with E-state index in [1.165, 1.54) is 68.1 Å². The molecule has 0 saturated carbocycles. The minimum Gasteiger partial charge on any atom is -0.493 e. The molecule has 3 atom stereocenters. The summed E-state index contributed by atoms with van der Waals surface area (Å²) >= 11 is 1.39. The van der Waals surface area contributed by atoms with Crippen LogP contribution in [0.15, 0.2) is 172 Å². The summed E-state index contributed by atoms with van der Waals surface area (Å²) in [6.45, 7) is 6.78. The van der Waals surface area contributed by atoms with Crippen molar-refractivity contribution >= 4 is 166 Å². The number of ketones is 3. The van der Waals surface area contributed by atoms with Crippen LogP contribution in [0.3, 0.4) is 0 Å². The highest BCUT2D eigenvalue weighted by molar-refractivity contribution is 7.90. The number of sulfonamides is 6. The number of carbonyl (C=O) groups is 6. The molecule has 12 heterocycles. The molecule has 11 aliphatic heterocycles. The van der Waals surface area contributed by atoms with E-state index in [1.807, 2.05) is 125 Å². The van der Waals surface area contributed by atoms with Gasteiger partial charge in [-0.1, -0.05) is 92.1 Å². The molecule has 6 saturated heterocycles. The van der Waals surface area contributed by atoms with E-state index in [2.05, 4.69) is 0 Å². The van der Waals surface area contributed by atoms with Crippen LogP contribution in [-0.4, -0.2) is 247 Å². The lowest BCUT2D eigenvalue weighted by Gasteiger charge is -2.34. The summed E-state index contributed by atoms with van der Waals surface area (Å²) in [5.74, 6) is 1.93. The molecule has 3 amide bonds. The van der Waals surface area contributed by atoms with E-state index < -0.39 is 78.3 Å². The number of anilines is 3. The summed E-state index contributed by atoms with van der Waals surface area (Å²) in [6, 6.07) is 42.9. The Morgan fingerprint density at radius 2 is 0.705 bits per heavy atom. The number of Topliss-reactive ketones (excluding diaryl/α,β-unsaturated/α-hetero) is 3. The highest BCUT2D eigenvalue weighted by Crippen LogP contribution is 2.47. The maximum Gasteiger partial charge on any atom is 0.258 e. The Bertz CT molecular complexity index is 7320. The number of ether oxygens (including phenoxy) is 3. The number of rotatable bonds is 27. The molecule has 0 spiro atoms. The summed E-state index contributed by atoms with van der Waals surface area (Å²) in [4.78, 5) is 88.5. The molecular weight excluding hydrogens is 1910 g/mol. The van der Waals surface area contributed by atoms with Crippen LogP contribution in [0.25, 0.3) is 42.4 Å². The molecule has 3 unspecified atom stereocenters. The Balaban J connectivity index is 0.000000133. The van der Waals surface area contributed by atoms with Crippen LogP contribution >= 0.6 is 11.3 Å². The fourth-order valence-electron chi connectivity index (χ4n) is 22.5. The van der Waals surface area contributed by atoms with Gasteiger partial charge in [0.2, 0.25) is 60.1 Å². The lowest BCUT2D eigenvalue weighted by atomic mass is 9.93. The Morgan fingerprint density at radius 3 is 1.10 bits per heavy atom. The lowest BCUT2D eigenvalue weighted by molar-refractivity contribution is -0.123. The number of carbonyl (C=O) groups excluding carboxylic acids is 6. The number of hydrogen-bond acceptors (Lipinski definition) is 22. The zero-order valence-corrected chi connectivity index (χ0v) is 83.8. The van der Waals surface area contributed by atoms with Crippen LogP contribution in [0.2, 0.25) is 0 Å². The zero-order chi connectivity index (χ0) is 97.4. The Labute approximate surface area is 816 Å². The first-order valence-corrected chi connectivity index (χ1v) is 59.0. The van der Waals surface area contributed by atoms with E-state index in [-0.39, 0.29) is 75.6 Å². The molecule has 11 aliphatic rings. The highest BCUT2D eigenvalue weighted by atomic mass is 32.2. The number of amides is 3. The number of hydrogen-bond donors (Lipinski definition) is 0. The van der Waals surface area contributed by atoms with Crippen molar-refractivity contribution in [3.8, 4) is 17.2 Å². The van der Waals surface area contributed by atoms with Gasteiger partial charge >= 0.3 is 0 Å². The smallest absolute Gasteiger partial charge is 0.258 e. The minimum atomic E-state index is -3.98. The molecule has 10 aromatic rings. The van der Waals surface area contributed by atoms with Gasteiger partial charge in [0.1, 0.15) is 23.9 Å². The Morgan fingerprint density at radius 1 is 0.353 bits per heavy atom. The molecule has 30 nitrogen and oxygen atoms in total. The van der Waals surface area contributed by atoms with Crippen LogP contribution < -0.4 is 28.9 Å². The van der Waals surface area contributed by atoms with Crippen molar-refractivity contribution in [2.75, 3.05) is 132 Å². The average molecular weight is 2030 g/mol. The second-order valence-corrected chi connectivity index (χ2v) is 51.0. The first kappa shape index (κ1) is 97.8. The minimum absolute atomic E-state index is 0.0468. The van der Waals surface area contributed by atoms with Gasteiger partial charge in [0.05, 0.1) is 70.4 Å². The van der Waals surface area contributed by atoms with Crippen molar-refractivity contribution < 1.29 is 93.5 Å². The Hall–Kier alpha value is -10.0.